The van der Waals surface area contributed by atoms with Crippen LogP contribution in [-0.4, -0.2) is 44.7 Å². The summed E-state index contributed by atoms with van der Waals surface area (Å²) in [6, 6.07) is 6.50. The van der Waals surface area contributed by atoms with Gasteiger partial charge in [-0.2, -0.15) is 0 Å². The molecule has 0 radical (unpaired) electrons. The molecule has 0 aliphatic heterocycles. The van der Waals surface area contributed by atoms with Crippen LogP contribution in [0.5, 0.6) is 5.75 Å². The van der Waals surface area contributed by atoms with Gasteiger partial charge in [-0.25, -0.2) is 4.79 Å². The Morgan fingerprint density at radius 1 is 1.18 bits per heavy atom. The summed E-state index contributed by atoms with van der Waals surface area (Å²) >= 11 is 6.70. The number of carbonyl (C=O) groups is 3. The number of hydrogen-bond donors (Lipinski definition) is 2. The Labute approximate surface area is 170 Å². The van der Waals surface area contributed by atoms with Gasteiger partial charge in [0.1, 0.15) is 17.4 Å². The Balaban J connectivity index is 2.12. The number of thiophene rings is 1. The number of esters is 1. The lowest BCUT2D eigenvalue weighted by atomic mass is 10.1. The third-order valence-electron chi connectivity index (χ3n) is 3.53. The van der Waals surface area contributed by atoms with Crippen molar-refractivity contribution in [1.29, 1.82) is 0 Å². The van der Waals surface area contributed by atoms with E-state index < -0.39 is 17.8 Å². The summed E-state index contributed by atoms with van der Waals surface area (Å²) in [5.74, 6) is -1.45. The molecule has 0 bridgehead atoms. The van der Waals surface area contributed by atoms with Crippen LogP contribution in [-0.2, 0) is 14.3 Å². The number of methoxy groups -OCH3 is 1. The van der Waals surface area contributed by atoms with Gasteiger partial charge in [0.15, 0.2) is 6.61 Å². The minimum absolute atomic E-state index is 0.0313. The van der Waals surface area contributed by atoms with Crippen molar-refractivity contribution in [3.05, 3.63) is 45.3 Å². The zero-order valence-corrected chi connectivity index (χ0v) is 16.8. The monoisotopic (exact) mass is 426 g/mol. The molecule has 0 fully saturated rings. The number of nitrogens with one attached hydrogen (secondary N) is 1. The molecule has 8 nitrogen and oxygen atoms in total. The van der Waals surface area contributed by atoms with Crippen molar-refractivity contribution in [2.75, 3.05) is 32.2 Å². The first-order valence-corrected chi connectivity index (χ1v) is 9.30. The van der Waals surface area contributed by atoms with Crippen LogP contribution in [0.1, 0.15) is 25.6 Å². The molecule has 0 unspecified atom stereocenters. The lowest BCUT2D eigenvalue weighted by Gasteiger charge is -2.09. The number of hydrogen-bond acceptors (Lipinski definition) is 7. The molecular formula is C18H19ClN2O6S. The SMILES string of the molecule is COCCOC(=O)c1c(NC(=O)COc2ccc(Cl)cc2)sc(C(N)=O)c1C. The zero-order valence-electron chi connectivity index (χ0n) is 15.2. The van der Waals surface area contributed by atoms with Crippen LogP contribution >= 0.6 is 22.9 Å². The number of halogens is 1. The largest absolute Gasteiger partial charge is 0.484 e. The molecule has 150 valence electrons. The van der Waals surface area contributed by atoms with Gasteiger partial charge in [0.05, 0.1) is 17.0 Å². The number of nitrogens with two attached hydrogens (primary N) is 1. The van der Waals surface area contributed by atoms with Gasteiger partial charge in [-0.1, -0.05) is 11.6 Å². The third-order valence-corrected chi connectivity index (χ3v) is 5.01. The molecule has 0 saturated heterocycles. The fourth-order valence-corrected chi connectivity index (χ4v) is 3.40. The van der Waals surface area contributed by atoms with Gasteiger partial charge in [-0.05, 0) is 36.8 Å². The zero-order chi connectivity index (χ0) is 20.7. The highest BCUT2D eigenvalue weighted by molar-refractivity contribution is 7.18. The van der Waals surface area contributed by atoms with E-state index in [1.807, 2.05) is 0 Å². The Hall–Kier alpha value is -2.62. The van der Waals surface area contributed by atoms with Crippen LogP contribution in [0.25, 0.3) is 0 Å². The molecule has 2 amide bonds. The molecule has 3 N–H and O–H groups in total. The van der Waals surface area contributed by atoms with Crippen molar-refractivity contribution in [1.82, 2.24) is 0 Å². The van der Waals surface area contributed by atoms with Crippen molar-refractivity contribution >= 4 is 45.7 Å². The summed E-state index contributed by atoms with van der Waals surface area (Å²) in [6.45, 7) is 1.50. The highest BCUT2D eigenvalue weighted by Gasteiger charge is 2.26. The van der Waals surface area contributed by atoms with E-state index in [9.17, 15) is 14.4 Å². The average molecular weight is 427 g/mol. The summed E-state index contributed by atoms with van der Waals surface area (Å²) in [5, 5.41) is 3.28. The molecule has 28 heavy (non-hydrogen) atoms. The standard InChI is InChI=1S/C18H19ClN2O6S/c1-10-14(18(24)26-8-7-25-2)17(28-15(10)16(20)23)21-13(22)9-27-12-5-3-11(19)4-6-12/h3-6H,7-9H2,1-2H3,(H2,20,23)(H,21,22). The van der Waals surface area contributed by atoms with Crippen molar-refractivity contribution in [3.63, 3.8) is 0 Å². The maximum absolute atomic E-state index is 12.4. The summed E-state index contributed by atoms with van der Waals surface area (Å²) in [4.78, 5) is 36.4. The van der Waals surface area contributed by atoms with E-state index in [4.69, 9.17) is 31.5 Å². The van der Waals surface area contributed by atoms with Crippen LogP contribution in [0.4, 0.5) is 5.00 Å². The minimum Gasteiger partial charge on any atom is -0.484 e. The lowest BCUT2D eigenvalue weighted by Crippen LogP contribution is -2.21. The molecule has 0 spiro atoms. The molecule has 1 aromatic carbocycles. The van der Waals surface area contributed by atoms with Gasteiger partial charge in [0.2, 0.25) is 0 Å². The second-order valence-electron chi connectivity index (χ2n) is 5.54. The molecule has 0 aliphatic rings. The number of primary amides is 1. The molecule has 1 heterocycles. The van der Waals surface area contributed by atoms with Gasteiger partial charge >= 0.3 is 5.97 Å². The van der Waals surface area contributed by atoms with Crippen LogP contribution in [0.2, 0.25) is 5.02 Å². The maximum atomic E-state index is 12.4. The fourth-order valence-electron chi connectivity index (χ4n) is 2.21. The Kier molecular flexibility index (Phi) is 7.80. The highest BCUT2D eigenvalue weighted by Crippen LogP contribution is 2.33. The number of carbonyl (C=O) groups excluding carboxylic acids is 3. The van der Waals surface area contributed by atoms with Gasteiger partial charge in [0.25, 0.3) is 11.8 Å². The van der Waals surface area contributed by atoms with Gasteiger partial charge in [-0.15, -0.1) is 11.3 Å². The van der Waals surface area contributed by atoms with E-state index in [0.29, 0.717) is 16.3 Å². The maximum Gasteiger partial charge on any atom is 0.341 e. The molecule has 0 aliphatic carbocycles. The Bertz CT molecular complexity index is 866. The van der Waals surface area contributed by atoms with E-state index in [0.717, 1.165) is 11.3 Å². The second-order valence-corrected chi connectivity index (χ2v) is 7.00. The van der Waals surface area contributed by atoms with Gasteiger partial charge in [0, 0.05) is 12.1 Å². The normalized spacial score (nSPS) is 10.4. The molecule has 0 saturated carbocycles. The van der Waals surface area contributed by atoms with Crippen molar-refractivity contribution < 1.29 is 28.6 Å². The van der Waals surface area contributed by atoms with Crippen molar-refractivity contribution in [2.24, 2.45) is 5.73 Å². The molecule has 2 rings (SSSR count). The summed E-state index contributed by atoms with van der Waals surface area (Å²) in [6.07, 6.45) is 0. The van der Waals surface area contributed by atoms with Crippen molar-refractivity contribution in [2.45, 2.75) is 6.92 Å². The Morgan fingerprint density at radius 3 is 2.46 bits per heavy atom. The first kappa shape index (κ1) is 21.7. The number of ether oxygens (including phenoxy) is 3. The first-order chi connectivity index (χ1) is 13.3. The predicted molar refractivity (Wildman–Crippen MR) is 105 cm³/mol. The lowest BCUT2D eigenvalue weighted by molar-refractivity contribution is -0.118. The Morgan fingerprint density at radius 2 is 1.86 bits per heavy atom. The molecule has 1 aromatic heterocycles. The topological polar surface area (TPSA) is 117 Å². The molecule has 2 aromatic rings. The molecule has 10 heteroatoms. The number of rotatable bonds is 9. The quantitative estimate of drug-likeness (QED) is 0.470. The van der Waals surface area contributed by atoms with Gasteiger partial charge < -0.3 is 25.3 Å². The first-order valence-electron chi connectivity index (χ1n) is 8.11. The molecule has 0 atom stereocenters. The number of anilines is 1. The second kappa shape index (κ2) is 10.1. The third kappa shape index (κ3) is 5.69. The summed E-state index contributed by atoms with van der Waals surface area (Å²) in [7, 11) is 1.47. The van der Waals surface area contributed by atoms with Crippen LogP contribution in [0.15, 0.2) is 24.3 Å². The van der Waals surface area contributed by atoms with E-state index in [1.54, 1.807) is 31.2 Å². The highest BCUT2D eigenvalue weighted by atomic mass is 35.5. The van der Waals surface area contributed by atoms with E-state index in [-0.39, 0.29) is 35.3 Å². The van der Waals surface area contributed by atoms with Crippen LogP contribution in [0, 0.1) is 6.92 Å². The average Bonchev–Trinajstić information content (AvgIpc) is 2.97. The van der Waals surface area contributed by atoms with Crippen LogP contribution < -0.4 is 15.8 Å². The van der Waals surface area contributed by atoms with Gasteiger partial charge in [-0.3, -0.25) is 9.59 Å². The smallest absolute Gasteiger partial charge is 0.341 e. The minimum atomic E-state index is -0.702. The summed E-state index contributed by atoms with van der Waals surface area (Å²) < 4.78 is 15.3. The van der Waals surface area contributed by atoms with E-state index in [2.05, 4.69) is 5.32 Å². The predicted octanol–water partition coefficient (Wildman–Crippen LogP) is 2.63. The van der Waals surface area contributed by atoms with E-state index in [1.165, 1.54) is 7.11 Å². The van der Waals surface area contributed by atoms with Crippen molar-refractivity contribution in [3.8, 4) is 5.75 Å². The fraction of sp³-hybridized carbons (Fsp3) is 0.278. The summed E-state index contributed by atoms with van der Waals surface area (Å²) in [5.41, 5.74) is 5.77. The van der Waals surface area contributed by atoms with E-state index >= 15 is 0 Å². The number of amides is 2. The van der Waals surface area contributed by atoms with Crippen LogP contribution in [0.3, 0.4) is 0 Å². The molecular weight excluding hydrogens is 408 g/mol. The number of benzene rings is 1.